The molecule has 2 bridgehead atoms. The first-order valence-corrected chi connectivity index (χ1v) is 6.43. The van der Waals surface area contributed by atoms with Gasteiger partial charge in [0.15, 0.2) is 0 Å². The second-order valence-electron chi connectivity index (χ2n) is 5.26. The molecule has 2 unspecified atom stereocenters. The number of H-pyrrole nitrogens is 1. The van der Waals surface area contributed by atoms with Crippen LogP contribution in [-0.2, 0) is 0 Å². The zero-order chi connectivity index (χ0) is 12.7. The summed E-state index contributed by atoms with van der Waals surface area (Å²) in [5.74, 6) is -0.0629. The molecule has 3 N–H and O–H groups in total. The van der Waals surface area contributed by atoms with E-state index in [-0.39, 0.29) is 29.6 Å². The Morgan fingerprint density at radius 3 is 2.56 bits per heavy atom. The van der Waals surface area contributed by atoms with Crippen molar-refractivity contribution in [3.8, 4) is 0 Å². The van der Waals surface area contributed by atoms with Crippen LogP contribution in [0.15, 0.2) is 23.0 Å². The van der Waals surface area contributed by atoms with Crippen LogP contribution in [0, 0.1) is 0 Å². The molecule has 2 saturated heterocycles. The molecule has 0 saturated carbocycles. The molecule has 5 heteroatoms. The molecule has 0 aromatic carbocycles. The summed E-state index contributed by atoms with van der Waals surface area (Å²) >= 11 is 0. The Morgan fingerprint density at radius 1 is 1.28 bits per heavy atom. The van der Waals surface area contributed by atoms with Crippen molar-refractivity contribution in [1.82, 2.24) is 9.88 Å². The Labute approximate surface area is 105 Å². The fourth-order valence-corrected chi connectivity index (χ4v) is 3.26. The quantitative estimate of drug-likeness (QED) is 0.757. The third kappa shape index (κ3) is 1.84. The highest BCUT2D eigenvalue weighted by molar-refractivity contribution is 5.93. The lowest BCUT2D eigenvalue weighted by Gasteiger charge is -2.37. The lowest BCUT2D eigenvalue weighted by atomic mass is 9.98. The van der Waals surface area contributed by atoms with E-state index in [9.17, 15) is 9.59 Å². The molecule has 3 rings (SSSR count). The SMILES string of the molecule is NC1CC2CCC(C1)N2C(=O)c1cccc(=O)[nH]1. The second-order valence-corrected chi connectivity index (χ2v) is 5.26. The largest absolute Gasteiger partial charge is 0.331 e. The summed E-state index contributed by atoms with van der Waals surface area (Å²) in [6.07, 6.45) is 3.81. The Hall–Kier alpha value is -1.62. The predicted octanol–water partition coefficient (Wildman–Crippen LogP) is 0.469. The van der Waals surface area contributed by atoms with Crippen LogP contribution in [0.4, 0.5) is 0 Å². The zero-order valence-corrected chi connectivity index (χ0v) is 10.1. The molecule has 5 nitrogen and oxygen atoms in total. The van der Waals surface area contributed by atoms with Gasteiger partial charge in [-0.3, -0.25) is 9.59 Å². The van der Waals surface area contributed by atoms with Crippen LogP contribution in [0.3, 0.4) is 0 Å². The third-order valence-electron chi connectivity index (χ3n) is 4.00. The van der Waals surface area contributed by atoms with Crippen LogP contribution in [0.5, 0.6) is 0 Å². The molecule has 1 aromatic heterocycles. The van der Waals surface area contributed by atoms with Crippen molar-refractivity contribution in [2.24, 2.45) is 5.73 Å². The minimum absolute atomic E-state index is 0.0629. The van der Waals surface area contributed by atoms with Crippen LogP contribution >= 0.6 is 0 Å². The number of nitrogens with two attached hydrogens (primary N) is 1. The number of pyridine rings is 1. The van der Waals surface area contributed by atoms with Crippen molar-refractivity contribution < 1.29 is 4.79 Å². The smallest absolute Gasteiger partial charge is 0.270 e. The van der Waals surface area contributed by atoms with Crippen LogP contribution in [0.2, 0.25) is 0 Å². The highest BCUT2D eigenvalue weighted by Crippen LogP contribution is 2.35. The van der Waals surface area contributed by atoms with Crippen LogP contribution in [0.1, 0.15) is 36.2 Å². The van der Waals surface area contributed by atoms with Gasteiger partial charge in [-0.2, -0.15) is 0 Å². The number of rotatable bonds is 1. The van der Waals surface area contributed by atoms with E-state index in [0.29, 0.717) is 5.69 Å². The number of fused-ring (bicyclic) bond motifs is 2. The summed E-state index contributed by atoms with van der Waals surface area (Å²) in [6.45, 7) is 0. The minimum Gasteiger partial charge on any atom is -0.331 e. The van der Waals surface area contributed by atoms with Gasteiger partial charge in [0.2, 0.25) is 5.56 Å². The lowest BCUT2D eigenvalue weighted by Crippen LogP contribution is -2.50. The van der Waals surface area contributed by atoms with Gasteiger partial charge in [-0.15, -0.1) is 0 Å². The molecular formula is C13H17N3O2. The standard InChI is InChI=1S/C13H17N3O2/c14-8-6-9-4-5-10(7-8)16(9)13(18)11-2-1-3-12(17)15-11/h1-3,8-10H,4-7,14H2,(H,15,17). The molecule has 2 aliphatic heterocycles. The molecule has 1 aromatic rings. The minimum atomic E-state index is -0.234. The Bertz CT molecular complexity index is 511. The summed E-state index contributed by atoms with van der Waals surface area (Å²) in [7, 11) is 0. The fourth-order valence-electron chi connectivity index (χ4n) is 3.26. The van der Waals surface area contributed by atoms with Crippen molar-refractivity contribution in [2.45, 2.75) is 43.8 Å². The maximum atomic E-state index is 12.4. The number of carbonyl (C=O) groups is 1. The lowest BCUT2D eigenvalue weighted by molar-refractivity contribution is 0.0568. The first-order valence-electron chi connectivity index (χ1n) is 6.43. The average molecular weight is 247 g/mol. The topological polar surface area (TPSA) is 79.2 Å². The molecule has 3 heterocycles. The highest BCUT2D eigenvalue weighted by atomic mass is 16.2. The van der Waals surface area contributed by atoms with Gasteiger partial charge in [0.05, 0.1) is 0 Å². The van der Waals surface area contributed by atoms with E-state index in [1.165, 1.54) is 6.07 Å². The number of hydrogen-bond acceptors (Lipinski definition) is 3. The van der Waals surface area contributed by atoms with Crippen LogP contribution < -0.4 is 11.3 Å². The van der Waals surface area contributed by atoms with Gasteiger partial charge in [0.1, 0.15) is 5.69 Å². The van der Waals surface area contributed by atoms with E-state index in [2.05, 4.69) is 4.98 Å². The third-order valence-corrected chi connectivity index (χ3v) is 4.00. The molecule has 0 aliphatic carbocycles. The molecule has 0 radical (unpaired) electrons. The van der Waals surface area contributed by atoms with Crippen molar-refractivity contribution in [3.05, 3.63) is 34.2 Å². The fraction of sp³-hybridized carbons (Fsp3) is 0.538. The van der Waals surface area contributed by atoms with Crippen LogP contribution in [-0.4, -0.2) is 33.9 Å². The summed E-state index contributed by atoms with van der Waals surface area (Å²) < 4.78 is 0. The maximum absolute atomic E-state index is 12.4. The van der Waals surface area contributed by atoms with Gasteiger partial charge in [-0.1, -0.05) is 6.07 Å². The Balaban J connectivity index is 1.88. The average Bonchev–Trinajstić information content (AvgIpc) is 2.61. The van der Waals surface area contributed by atoms with Crippen LogP contribution in [0.25, 0.3) is 0 Å². The van der Waals surface area contributed by atoms with E-state index in [1.54, 1.807) is 12.1 Å². The number of amides is 1. The molecular weight excluding hydrogens is 230 g/mol. The first-order chi connectivity index (χ1) is 8.65. The number of nitrogens with one attached hydrogen (secondary N) is 1. The summed E-state index contributed by atoms with van der Waals surface area (Å²) in [6, 6.07) is 5.39. The van der Waals surface area contributed by atoms with Gasteiger partial charge >= 0.3 is 0 Å². The second kappa shape index (κ2) is 4.24. The first kappa shape index (κ1) is 11.5. The van der Waals surface area contributed by atoms with E-state index >= 15 is 0 Å². The Morgan fingerprint density at radius 2 is 1.94 bits per heavy atom. The van der Waals surface area contributed by atoms with Crippen molar-refractivity contribution in [3.63, 3.8) is 0 Å². The van der Waals surface area contributed by atoms with Gasteiger partial charge in [0, 0.05) is 24.2 Å². The van der Waals surface area contributed by atoms with E-state index in [1.807, 2.05) is 4.90 Å². The van der Waals surface area contributed by atoms with Crippen molar-refractivity contribution in [1.29, 1.82) is 0 Å². The number of carbonyl (C=O) groups excluding carboxylic acids is 1. The number of piperidine rings is 1. The summed E-state index contributed by atoms with van der Waals surface area (Å²) in [5, 5.41) is 0. The van der Waals surface area contributed by atoms with Gasteiger partial charge in [0.25, 0.3) is 5.91 Å². The summed E-state index contributed by atoms with van der Waals surface area (Å²) in [5.41, 5.74) is 6.13. The molecule has 1 amide bonds. The van der Waals surface area contributed by atoms with Crippen molar-refractivity contribution >= 4 is 5.91 Å². The zero-order valence-electron chi connectivity index (χ0n) is 10.1. The highest BCUT2D eigenvalue weighted by Gasteiger charge is 2.42. The van der Waals surface area contributed by atoms with E-state index < -0.39 is 0 Å². The van der Waals surface area contributed by atoms with Gasteiger partial charge in [-0.05, 0) is 31.7 Å². The number of aromatic nitrogens is 1. The van der Waals surface area contributed by atoms with E-state index in [4.69, 9.17) is 5.73 Å². The molecule has 2 fully saturated rings. The number of aromatic amines is 1. The number of nitrogens with zero attached hydrogens (tertiary/aromatic N) is 1. The monoisotopic (exact) mass is 247 g/mol. The number of hydrogen-bond donors (Lipinski definition) is 2. The van der Waals surface area contributed by atoms with Gasteiger partial charge < -0.3 is 15.6 Å². The molecule has 96 valence electrons. The Kier molecular flexibility index (Phi) is 2.70. The normalized spacial score (nSPS) is 30.5. The van der Waals surface area contributed by atoms with Crippen molar-refractivity contribution in [2.75, 3.05) is 0 Å². The molecule has 2 aliphatic rings. The van der Waals surface area contributed by atoms with Gasteiger partial charge in [-0.25, -0.2) is 0 Å². The molecule has 0 spiro atoms. The van der Waals surface area contributed by atoms with E-state index in [0.717, 1.165) is 25.7 Å². The molecule has 2 atom stereocenters. The predicted molar refractivity (Wildman–Crippen MR) is 67.3 cm³/mol. The molecule has 18 heavy (non-hydrogen) atoms. The summed E-state index contributed by atoms with van der Waals surface area (Å²) in [4.78, 5) is 28.2. The maximum Gasteiger partial charge on any atom is 0.270 e.